The second kappa shape index (κ2) is 9.84. The third-order valence-electron chi connectivity index (χ3n) is 6.33. The third-order valence-corrected chi connectivity index (χ3v) is 8.66. The zero-order valence-electron chi connectivity index (χ0n) is 20.0. The number of nitrogens with zero attached hydrogens (tertiary/aromatic N) is 4. The Kier molecular flexibility index (Phi) is 6.45. The number of anilines is 2. The Bertz CT molecular complexity index is 1590. The van der Waals surface area contributed by atoms with Gasteiger partial charge in [-0.2, -0.15) is 15.8 Å². The van der Waals surface area contributed by atoms with E-state index in [2.05, 4.69) is 60.4 Å². The van der Waals surface area contributed by atoms with E-state index >= 15 is 0 Å². The van der Waals surface area contributed by atoms with Crippen molar-refractivity contribution in [3.8, 4) is 18.2 Å². The molecule has 0 aromatic carbocycles. The molecule has 6 heteroatoms. The molecule has 0 saturated carbocycles. The molecule has 0 spiro atoms. The quantitative estimate of drug-likeness (QED) is 0.385. The highest BCUT2D eigenvalue weighted by molar-refractivity contribution is 7.15. The van der Waals surface area contributed by atoms with Crippen LogP contribution >= 0.6 is 22.7 Å². The Labute approximate surface area is 219 Å². The molecule has 0 atom stereocenters. The maximum absolute atomic E-state index is 9.09. The Morgan fingerprint density at radius 1 is 0.833 bits per heavy atom. The largest absolute Gasteiger partial charge is 0.339 e. The van der Waals surface area contributed by atoms with Gasteiger partial charge in [0, 0.05) is 21.9 Å². The lowest BCUT2D eigenvalue weighted by atomic mass is 10.1. The van der Waals surface area contributed by atoms with Crippen molar-refractivity contribution in [2.75, 3.05) is 11.4 Å². The first kappa shape index (κ1) is 23.6. The van der Waals surface area contributed by atoms with Crippen LogP contribution in [0.3, 0.4) is 0 Å². The van der Waals surface area contributed by atoms with Crippen LogP contribution in [0.15, 0.2) is 70.9 Å². The molecule has 0 unspecified atom stereocenters. The number of allylic oxidation sites excluding steroid dienone is 12. The molecule has 4 nitrogen and oxygen atoms in total. The summed E-state index contributed by atoms with van der Waals surface area (Å²) in [5.41, 5.74) is 7.95. The van der Waals surface area contributed by atoms with Crippen molar-refractivity contribution in [1.29, 1.82) is 15.8 Å². The zero-order valence-corrected chi connectivity index (χ0v) is 21.6. The lowest BCUT2D eigenvalue weighted by molar-refractivity contribution is 1.03. The van der Waals surface area contributed by atoms with Crippen LogP contribution in [0.4, 0.5) is 11.4 Å². The Morgan fingerprint density at radius 2 is 1.36 bits per heavy atom. The first-order valence-electron chi connectivity index (χ1n) is 11.7. The van der Waals surface area contributed by atoms with E-state index in [1.807, 2.05) is 42.6 Å². The van der Waals surface area contributed by atoms with Gasteiger partial charge in [0.15, 0.2) is 0 Å². The van der Waals surface area contributed by atoms with Crippen molar-refractivity contribution in [2.24, 2.45) is 0 Å². The van der Waals surface area contributed by atoms with Crippen molar-refractivity contribution in [3.63, 3.8) is 0 Å². The van der Waals surface area contributed by atoms with Crippen LogP contribution in [0.1, 0.15) is 46.2 Å². The van der Waals surface area contributed by atoms with Crippen molar-refractivity contribution in [2.45, 2.75) is 26.7 Å². The molecule has 0 saturated heterocycles. The standard InChI is InChI=1S/C30H22N4S2/c1-3-34-25-14-29(23-6-4-20(12-23)10-19(2)16-31)35-27(25)8-9-28-26(34)15-30(36-28)24-7-5-21(13-24)11-22(17-32)18-33/h4-11,14-15H,3,12-13H2,1-2H3. The molecule has 2 aromatic rings. The van der Waals surface area contributed by atoms with E-state index in [1.165, 1.54) is 47.6 Å². The van der Waals surface area contributed by atoms with Gasteiger partial charge in [0.25, 0.3) is 0 Å². The molecule has 1 aliphatic heterocycles. The van der Waals surface area contributed by atoms with Crippen LogP contribution in [0.5, 0.6) is 0 Å². The molecule has 0 bridgehead atoms. The first-order chi connectivity index (χ1) is 17.5. The van der Waals surface area contributed by atoms with Crippen molar-refractivity contribution in [1.82, 2.24) is 0 Å². The molecule has 0 fully saturated rings. The van der Waals surface area contributed by atoms with E-state index in [9.17, 15) is 0 Å². The molecule has 174 valence electrons. The highest BCUT2D eigenvalue weighted by Gasteiger charge is 2.24. The minimum absolute atomic E-state index is 0.134. The van der Waals surface area contributed by atoms with Gasteiger partial charge >= 0.3 is 0 Å². The van der Waals surface area contributed by atoms with Crippen LogP contribution in [-0.4, -0.2) is 6.54 Å². The van der Waals surface area contributed by atoms with Gasteiger partial charge < -0.3 is 4.90 Å². The number of rotatable bonds is 5. The van der Waals surface area contributed by atoms with Gasteiger partial charge in [0.05, 0.1) is 27.2 Å². The second-order valence-corrected chi connectivity index (χ2v) is 10.9. The lowest BCUT2D eigenvalue weighted by Gasteiger charge is -2.21. The lowest BCUT2D eigenvalue weighted by Crippen LogP contribution is -2.15. The third kappa shape index (κ3) is 4.43. The van der Waals surface area contributed by atoms with Gasteiger partial charge in [-0.05, 0) is 85.4 Å². The zero-order chi connectivity index (χ0) is 25.2. The van der Waals surface area contributed by atoms with E-state index in [1.54, 1.807) is 17.4 Å². The van der Waals surface area contributed by atoms with Crippen molar-refractivity contribution < 1.29 is 0 Å². The molecule has 0 N–H and O–H groups in total. The van der Waals surface area contributed by atoms with E-state index in [0.29, 0.717) is 0 Å². The van der Waals surface area contributed by atoms with Gasteiger partial charge in [-0.25, -0.2) is 0 Å². The first-order valence-corrected chi connectivity index (χ1v) is 13.3. The topological polar surface area (TPSA) is 74.6 Å². The Hall–Kier alpha value is -4.15. The highest BCUT2D eigenvalue weighted by Crippen LogP contribution is 2.48. The molecule has 3 heterocycles. The minimum Gasteiger partial charge on any atom is -0.339 e. The van der Waals surface area contributed by atoms with Gasteiger partial charge in [-0.15, -0.1) is 22.7 Å². The van der Waals surface area contributed by atoms with Crippen LogP contribution in [0.2, 0.25) is 0 Å². The molecule has 5 rings (SSSR count). The number of hydrogen-bond donors (Lipinski definition) is 0. The van der Waals surface area contributed by atoms with Crippen LogP contribution in [0.25, 0.3) is 23.3 Å². The monoisotopic (exact) mass is 502 g/mol. The second-order valence-electron chi connectivity index (χ2n) is 8.74. The summed E-state index contributed by atoms with van der Waals surface area (Å²) in [5, 5.41) is 27.2. The van der Waals surface area contributed by atoms with E-state index < -0.39 is 0 Å². The molecule has 2 aliphatic carbocycles. The van der Waals surface area contributed by atoms with E-state index in [0.717, 1.165) is 30.5 Å². The Morgan fingerprint density at radius 3 is 1.83 bits per heavy atom. The average Bonchev–Trinajstić information content (AvgIpc) is 3.68. The molecule has 36 heavy (non-hydrogen) atoms. The maximum Gasteiger partial charge on any atom is 0.129 e. The van der Waals surface area contributed by atoms with Gasteiger partial charge in [0.2, 0.25) is 0 Å². The SMILES string of the molecule is CCN1c2cc(C3=CC=C(C=C(C)C#N)C3)sc2C=Cc2sc(C3=CC=C(C=C(C#N)C#N)C3)cc21. The fraction of sp³-hybridized carbons (Fsp3) is 0.167. The molecule has 0 amide bonds. The molecular weight excluding hydrogens is 480 g/mol. The normalized spacial score (nSPS) is 16.0. The van der Waals surface area contributed by atoms with Crippen molar-refractivity contribution >= 4 is 57.3 Å². The highest BCUT2D eigenvalue weighted by atomic mass is 32.1. The predicted molar refractivity (Wildman–Crippen MR) is 150 cm³/mol. The number of hydrogen-bond acceptors (Lipinski definition) is 6. The van der Waals surface area contributed by atoms with Gasteiger partial charge in [-0.3, -0.25) is 0 Å². The van der Waals surface area contributed by atoms with Gasteiger partial charge in [0.1, 0.15) is 17.7 Å². The summed E-state index contributed by atoms with van der Waals surface area (Å²) >= 11 is 3.60. The summed E-state index contributed by atoms with van der Waals surface area (Å²) in [6.45, 7) is 4.88. The summed E-state index contributed by atoms with van der Waals surface area (Å²) in [5.74, 6) is 0. The van der Waals surface area contributed by atoms with Crippen LogP contribution in [-0.2, 0) is 0 Å². The maximum atomic E-state index is 9.09. The van der Waals surface area contributed by atoms with Crippen molar-refractivity contribution in [3.05, 3.63) is 90.4 Å². The summed E-state index contributed by atoms with van der Waals surface area (Å²) in [7, 11) is 0. The van der Waals surface area contributed by atoms with Crippen LogP contribution < -0.4 is 4.90 Å². The predicted octanol–water partition coefficient (Wildman–Crippen LogP) is 8.32. The fourth-order valence-electron chi connectivity index (χ4n) is 4.60. The smallest absolute Gasteiger partial charge is 0.129 e. The molecular formula is C30H22N4S2. The Balaban J connectivity index is 1.39. The number of nitriles is 3. The molecule has 2 aromatic heterocycles. The van der Waals surface area contributed by atoms with Gasteiger partial charge in [-0.1, -0.05) is 24.3 Å². The number of fused-ring (bicyclic) bond motifs is 2. The fourth-order valence-corrected chi connectivity index (χ4v) is 6.78. The summed E-state index contributed by atoms with van der Waals surface area (Å²) < 4.78 is 0. The van der Waals surface area contributed by atoms with E-state index in [4.69, 9.17) is 15.8 Å². The minimum atomic E-state index is 0.134. The number of thiophene rings is 2. The van der Waals surface area contributed by atoms with Crippen LogP contribution in [0, 0.1) is 34.0 Å². The molecule has 3 aliphatic rings. The summed E-state index contributed by atoms with van der Waals surface area (Å²) in [6, 6.07) is 10.7. The van der Waals surface area contributed by atoms with E-state index in [-0.39, 0.29) is 5.57 Å². The average molecular weight is 503 g/mol. The summed E-state index contributed by atoms with van der Waals surface area (Å²) in [4.78, 5) is 7.36. The summed E-state index contributed by atoms with van der Waals surface area (Å²) in [6.07, 6.45) is 18.0. The molecule has 0 radical (unpaired) electrons.